The Kier molecular flexibility index (Phi) is 2.95. The van der Waals surface area contributed by atoms with Gasteiger partial charge in [0.2, 0.25) is 0 Å². The molecule has 1 aliphatic rings. The number of carbonyl (C=O) groups excluding carboxylic acids is 1. The molecule has 0 N–H and O–H groups in total. The predicted octanol–water partition coefficient (Wildman–Crippen LogP) is 3.52. The Bertz CT molecular complexity index is 692. The van der Waals surface area contributed by atoms with Crippen LogP contribution in [0, 0.1) is 10.1 Å². The van der Waals surface area contributed by atoms with Crippen molar-refractivity contribution in [2.75, 3.05) is 0 Å². The molecule has 0 spiro atoms. The average molecular weight is 269 g/mol. The van der Waals surface area contributed by atoms with E-state index >= 15 is 0 Å². The fraction of sp³-hybridized carbons (Fsp3) is 0.133. The fourth-order valence-electron chi connectivity index (χ4n) is 2.27. The largest absolute Gasteiger partial charge is 0.457 e. The van der Waals surface area contributed by atoms with Crippen LogP contribution in [0.3, 0.4) is 0 Å². The molecular formula is C15H11NO4. The van der Waals surface area contributed by atoms with Crippen LogP contribution in [0.5, 0.6) is 11.5 Å². The van der Waals surface area contributed by atoms with Crippen LogP contribution in [0.4, 0.5) is 5.69 Å². The zero-order chi connectivity index (χ0) is 14.1. The summed E-state index contributed by atoms with van der Waals surface area (Å²) < 4.78 is 5.64. The lowest BCUT2D eigenvalue weighted by atomic mass is 10.1. The maximum Gasteiger partial charge on any atom is 0.269 e. The smallest absolute Gasteiger partial charge is 0.269 e. The van der Waals surface area contributed by atoms with Gasteiger partial charge in [-0.25, -0.2) is 0 Å². The molecule has 3 rings (SSSR count). The normalized spacial score (nSPS) is 13.1. The maximum absolute atomic E-state index is 11.5. The summed E-state index contributed by atoms with van der Waals surface area (Å²) in [7, 11) is 0. The number of fused-ring (bicyclic) bond motifs is 1. The molecule has 2 aromatic rings. The molecule has 0 fully saturated rings. The molecule has 0 saturated carbocycles. The van der Waals surface area contributed by atoms with Gasteiger partial charge in [0.1, 0.15) is 11.5 Å². The predicted molar refractivity (Wildman–Crippen MR) is 72.3 cm³/mol. The van der Waals surface area contributed by atoms with Gasteiger partial charge in [0.25, 0.3) is 5.69 Å². The summed E-state index contributed by atoms with van der Waals surface area (Å²) in [5, 5.41) is 10.6. The summed E-state index contributed by atoms with van der Waals surface area (Å²) in [5.41, 5.74) is 1.78. The Morgan fingerprint density at radius 2 is 1.70 bits per heavy atom. The summed E-state index contributed by atoms with van der Waals surface area (Å²) in [5.74, 6) is 1.33. The zero-order valence-corrected chi connectivity index (χ0v) is 10.5. The summed E-state index contributed by atoms with van der Waals surface area (Å²) in [6.45, 7) is 0. The van der Waals surface area contributed by atoms with E-state index in [4.69, 9.17) is 4.74 Å². The van der Waals surface area contributed by atoms with Gasteiger partial charge in [0.15, 0.2) is 5.78 Å². The third kappa shape index (κ3) is 2.25. The van der Waals surface area contributed by atoms with Gasteiger partial charge in [0, 0.05) is 24.1 Å². The number of nitro benzene ring substituents is 1. The number of nitrogens with zero attached hydrogens (tertiary/aromatic N) is 1. The van der Waals surface area contributed by atoms with Gasteiger partial charge in [-0.2, -0.15) is 0 Å². The standard InChI is InChI=1S/C15H11NO4/c17-15-8-1-10-9-13(6-7-14(10)15)20-12-4-2-11(3-5-12)16(18)19/h2-7,9H,1,8H2. The van der Waals surface area contributed by atoms with Crippen molar-refractivity contribution in [2.24, 2.45) is 0 Å². The summed E-state index contributed by atoms with van der Waals surface area (Å²) >= 11 is 0. The number of benzene rings is 2. The monoisotopic (exact) mass is 269 g/mol. The molecule has 0 amide bonds. The third-order valence-electron chi connectivity index (χ3n) is 3.28. The Morgan fingerprint density at radius 1 is 1.00 bits per heavy atom. The minimum Gasteiger partial charge on any atom is -0.457 e. The number of ether oxygens (including phenoxy) is 1. The van der Waals surface area contributed by atoms with E-state index in [1.807, 2.05) is 6.07 Å². The van der Waals surface area contributed by atoms with E-state index < -0.39 is 4.92 Å². The third-order valence-corrected chi connectivity index (χ3v) is 3.28. The Morgan fingerprint density at radius 3 is 2.40 bits per heavy atom. The van der Waals surface area contributed by atoms with Crippen molar-refractivity contribution in [3.8, 4) is 11.5 Å². The van der Waals surface area contributed by atoms with E-state index in [0.717, 1.165) is 17.5 Å². The van der Waals surface area contributed by atoms with E-state index in [2.05, 4.69) is 0 Å². The molecule has 0 radical (unpaired) electrons. The summed E-state index contributed by atoms with van der Waals surface area (Å²) in [6, 6.07) is 11.3. The number of aryl methyl sites for hydroxylation is 1. The lowest BCUT2D eigenvalue weighted by Gasteiger charge is -2.07. The molecule has 2 aromatic carbocycles. The van der Waals surface area contributed by atoms with Crippen LogP contribution in [-0.4, -0.2) is 10.7 Å². The fourth-order valence-corrected chi connectivity index (χ4v) is 2.27. The Labute approximate surface area is 115 Å². The van der Waals surface area contributed by atoms with Crippen LogP contribution in [0.15, 0.2) is 42.5 Å². The van der Waals surface area contributed by atoms with Crippen LogP contribution in [0.25, 0.3) is 0 Å². The summed E-state index contributed by atoms with van der Waals surface area (Å²) in [6.07, 6.45) is 1.29. The number of rotatable bonds is 3. The second-order valence-corrected chi connectivity index (χ2v) is 4.60. The maximum atomic E-state index is 11.5. The number of Topliss-reactive ketones (excluding diaryl/α,β-unsaturated/α-hetero) is 1. The first-order valence-corrected chi connectivity index (χ1v) is 6.22. The van der Waals surface area contributed by atoms with E-state index in [-0.39, 0.29) is 11.5 Å². The highest BCUT2D eigenvalue weighted by Crippen LogP contribution is 2.29. The molecule has 20 heavy (non-hydrogen) atoms. The van der Waals surface area contributed by atoms with Gasteiger partial charge < -0.3 is 4.74 Å². The molecule has 0 aliphatic heterocycles. The first kappa shape index (κ1) is 12.3. The highest BCUT2D eigenvalue weighted by Gasteiger charge is 2.19. The SMILES string of the molecule is O=C1CCc2cc(Oc3ccc([N+](=O)[O-])cc3)ccc21. The van der Waals surface area contributed by atoms with Crippen molar-refractivity contribution in [1.29, 1.82) is 0 Å². The van der Waals surface area contributed by atoms with Crippen molar-refractivity contribution in [2.45, 2.75) is 12.8 Å². The molecule has 100 valence electrons. The number of hydrogen-bond donors (Lipinski definition) is 0. The molecule has 5 heteroatoms. The minimum absolute atomic E-state index is 0.0249. The molecule has 1 aliphatic carbocycles. The van der Waals surface area contributed by atoms with Crippen LogP contribution in [-0.2, 0) is 6.42 Å². The molecule has 0 unspecified atom stereocenters. The van der Waals surface area contributed by atoms with Crippen molar-refractivity contribution < 1.29 is 14.5 Å². The number of nitro groups is 1. The van der Waals surface area contributed by atoms with Crippen LogP contribution < -0.4 is 4.74 Å². The average Bonchev–Trinajstić information content (AvgIpc) is 2.81. The minimum atomic E-state index is -0.454. The van der Waals surface area contributed by atoms with Gasteiger partial charge in [-0.15, -0.1) is 0 Å². The zero-order valence-electron chi connectivity index (χ0n) is 10.5. The van der Waals surface area contributed by atoms with Crippen LogP contribution in [0.2, 0.25) is 0 Å². The molecule has 0 bridgehead atoms. The van der Waals surface area contributed by atoms with Crippen LogP contribution >= 0.6 is 0 Å². The first-order valence-electron chi connectivity index (χ1n) is 6.22. The van der Waals surface area contributed by atoms with Crippen molar-refractivity contribution in [3.05, 3.63) is 63.7 Å². The molecule has 0 saturated heterocycles. The first-order chi connectivity index (χ1) is 9.63. The molecule has 0 aromatic heterocycles. The lowest BCUT2D eigenvalue weighted by Crippen LogP contribution is -1.92. The van der Waals surface area contributed by atoms with Crippen LogP contribution in [0.1, 0.15) is 22.3 Å². The quantitative estimate of drug-likeness (QED) is 0.631. The van der Waals surface area contributed by atoms with Gasteiger partial charge in [-0.05, 0) is 42.3 Å². The second kappa shape index (κ2) is 4.77. The van der Waals surface area contributed by atoms with Crippen molar-refractivity contribution in [3.63, 3.8) is 0 Å². The highest BCUT2D eigenvalue weighted by molar-refractivity contribution is 6.00. The van der Waals surface area contributed by atoms with Gasteiger partial charge in [0.05, 0.1) is 4.92 Å². The summed E-state index contributed by atoms with van der Waals surface area (Å²) in [4.78, 5) is 21.6. The number of hydrogen-bond acceptors (Lipinski definition) is 4. The van der Waals surface area contributed by atoms with E-state index in [9.17, 15) is 14.9 Å². The van der Waals surface area contributed by atoms with E-state index in [1.165, 1.54) is 12.1 Å². The van der Waals surface area contributed by atoms with Gasteiger partial charge >= 0.3 is 0 Å². The number of non-ortho nitro benzene ring substituents is 1. The van der Waals surface area contributed by atoms with E-state index in [0.29, 0.717) is 17.9 Å². The number of carbonyl (C=O) groups is 1. The Balaban J connectivity index is 1.81. The molecule has 0 atom stereocenters. The van der Waals surface area contributed by atoms with Crippen molar-refractivity contribution >= 4 is 11.5 Å². The molecular weight excluding hydrogens is 258 g/mol. The molecule has 0 heterocycles. The second-order valence-electron chi connectivity index (χ2n) is 4.60. The lowest BCUT2D eigenvalue weighted by molar-refractivity contribution is -0.384. The highest BCUT2D eigenvalue weighted by atomic mass is 16.6. The van der Waals surface area contributed by atoms with Crippen molar-refractivity contribution in [1.82, 2.24) is 0 Å². The van der Waals surface area contributed by atoms with E-state index in [1.54, 1.807) is 24.3 Å². The van der Waals surface area contributed by atoms with Gasteiger partial charge in [-0.3, -0.25) is 14.9 Å². The van der Waals surface area contributed by atoms with Gasteiger partial charge in [-0.1, -0.05) is 0 Å². The topological polar surface area (TPSA) is 69.4 Å². The number of ketones is 1. The Hall–Kier alpha value is -2.69. The molecule has 5 nitrogen and oxygen atoms in total.